The molecule has 1 aliphatic rings. The van der Waals surface area contributed by atoms with Gasteiger partial charge in [0.25, 0.3) is 0 Å². The Kier molecular flexibility index (Phi) is 6.29. The van der Waals surface area contributed by atoms with Crippen LogP contribution in [0.4, 0.5) is 0 Å². The number of benzene rings is 1. The summed E-state index contributed by atoms with van der Waals surface area (Å²) < 4.78 is 0. The van der Waals surface area contributed by atoms with E-state index in [1.807, 2.05) is 0 Å². The fourth-order valence-electron chi connectivity index (χ4n) is 3.80. The van der Waals surface area contributed by atoms with Gasteiger partial charge in [-0.05, 0) is 55.2 Å². The van der Waals surface area contributed by atoms with E-state index in [0.29, 0.717) is 12.0 Å². The summed E-state index contributed by atoms with van der Waals surface area (Å²) >= 11 is 0. The Labute approximate surface area is 131 Å². The Morgan fingerprint density at radius 1 is 1.05 bits per heavy atom. The molecule has 0 bridgehead atoms. The predicted molar refractivity (Wildman–Crippen MR) is 92.8 cm³/mol. The number of likely N-dealkylation sites (N-methyl/N-ethyl adjacent to an activating group) is 1. The largest absolute Gasteiger partial charge is 0.316 e. The summed E-state index contributed by atoms with van der Waals surface area (Å²) in [7, 11) is 2.14. The van der Waals surface area contributed by atoms with E-state index in [1.165, 1.54) is 49.7 Å². The van der Waals surface area contributed by atoms with Crippen molar-refractivity contribution >= 4 is 0 Å². The Hall–Kier alpha value is -0.820. The molecule has 1 aromatic rings. The zero-order chi connectivity index (χ0) is 15.2. The summed E-state index contributed by atoms with van der Waals surface area (Å²) in [6, 6.07) is 9.92. The Morgan fingerprint density at radius 3 is 2.14 bits per heavy atom. The van der Waals surface area contributed by atoms with Crippen LogP contribution in [-0.4, -0.2) is 13.1 Å². The van der Waals surface area contributed by atoms with E-state index in [0.717, 1.165) is 11.8 Å². The maximum absolute atomic E-state index is 3.59. The molecule has 21 heavy (non-hydrogen) atoms. The van der Waals surface area contributed by atoms with Gasteiger partial charge in [0.05, 0.1) is 0 Å². The van der Waals surface area contributed by atoms with Gasteiger partial charge in [-0.15, -0.1) is 0 Å². The molecule has 2 rings (SSSR count). The first-order valence-electron chi connectivity index (χ1n) is 8.90. The maximum atomic E-state index is 3.59. The molecule has 0 saturated heterocycles. The van der Waals surface area contributed by atoms with Gasteiger partial charge in [0, 0.05) is 6.04 Å². The molecule has 1 aliphatic carbocycles. The van der Waals surface area contributed by atoms with Gasteiger partial charge in [-0.25, -0.2) is 0 Å². The molecule has 1 nitrogen and oxygen atoms in total. The monoisotopic (exact) mass is 287 g/mol. The highest BCUT2D eigenvalue weighted by Gasteiger charge is 2.26. The highest BCUT2D eigenvalue weighted by molar-refractivity contribution is 5.25. The quantitative estimate of drug-likeness (QED) is 0.762. The van der Waals surface area contributed by atoms with E-state index >= 15 is 0 Å². The molecule has 1 N–H and O–H groups in total. The third-order valence-electron chi connectivity index (χ3n) is 5.51. The van der Waals surface area contributed by atoms with Gasteiger partial charge in [-0.3, -0.25) is 0 Å². The summed E-state index contributed by atoms with van der Waals surface area (Å²) in [5.41, 5.74) is 2.93. The van der Waals surface area contributed by atoms with Crippen LogP contribution >= 0.6 is 0 Å². The van der Waals surface area contributed by atoms with Gasteiger partial charge in [0.1, 0.15) is 0 Å². The predicted octanol–water partition coefficient (Wildman–Crippen LogP) is 5.16. The molecule has 1 unspecified atom stereocenters. The van der Waals surface area contributed by atoms with Gasteiger partial charge < -0.3 is 5.32 Å². The summed E-state index contributed by atoms with van der Waals surface area (Å²) in [4.78, 5) is 0. The molecule has 0 aliphatic heterocycles. The van der Waals surface area contributed by atoms with Crippen molar-refractivity contribution in [2.24, 2.45) is 11.8 Å². The van der Waals surface area contributed by atoms with E-state index in [2.05, 4.69) is 57.4 Å². The summed E-state index contributed by atoms with van der Waals surface area (Å²) in [6.45, 7) is 6.87. The lowest BCUT2D eigenvalue weighted by Gasteiger charge is -2.33. The molecular formula is C20H33N. The molecule has 0 aromatic heterocycles. The van der Waals surface area contributed by atoms with E-state index < -0.39 is 0 Å². The third kappa shape index (κ3) is 4.57. The van der Waals surface area contributed by atoms with Crippen molar-refractivity contribution < 1.29 is 0 Å². The van der Waals surface area contributed by atoms with Gasteiger partial charge in [-0.1, -0.05) is 64.3 Å². The molecule has 1 saturated carbocycles. The first kappa shape index (κ1) is 16.5. The first-order chi connectivity index (χ1) is 10.1. The van der Waals surface area contributed by atoms with Crippen LogP contribution in [0.2, 0.25) is 0 Å². The molecule has 1 aromatic carbocycles. The molecule has 0 amide bonds. The zero-order valence-corrected chi connectivity index (χ0v) is 14.4. The second-order valence-corrected chi connectivity index (χ2v) is 7.18. The number of nitrogens with one attached hydrogen (secondary N) is 1. The molecule has 1 fully saturated rings. The van der Waals surface area contributed by atoms with Crippen molar-refractivity contribution in [1.29, 1.82) is 0 Å². The summed E-state index contributed by atoms with van der Waals surface area (Å²) in [5.74, 6) is 2.48. The fraction of sp³-hybridized carbons (Fsp3) is 0.700. The lowest BCUT2D eigenvalue weighted by Crippen LogP contribution is -2.37. The minimum Gasteiger partial charge on any atom is -0.316 e. The zero-order valence-electron chi connectivity index (χ0n) is 14.4. The van der Waals surface area contributed by atoms with Crippen molar-refractivity contribution in [1.82, 2.24) is 5.32 Å². The standard InChI is InChI=1S/C20H33N/c1-5-16-6-12-19(13-7-16)20(21-4)14-17-8-10-18(11-9-17)15(2)3/h8-11,15-16,19-21H,5-7,12-14H2,1-4H3. The third-order valence-corrected chi connectivity index (χ3v) is 5.51. The lowest BCUT2D eigenvalue weighted by atomic mass is 9.76. The second kappa shape index (κ2) is 7.98. The van der Waals surface area contributed by atoms with Crippen LogP contribution in [-0.2, 0) is 6.42 Å². The van der Waals surface area contributed by atoms with Gasteiger partial charge in [0.2, 0.25) is 0 Å². The van der Waals surface area contributed by atoms with E-state index in [4.69, 9.17) is 0 Å². The first-order valence-corrected chi connectivity index (χ1v) is 8.90. The van der Waals surface area contributed by atoms with E-state index in [1.54, 1.807) is 0 Å². The molecule has 0 spiro atoms. The smallest absolute Gasteiger partial charge is 0.0133 e. The average Bonchev–Trinajstić information content (AvgIpc) is 2.53. The van der Waals surface area contributed by atoms with Crippen LogP contribution in [0.15, 0.2) is 24.3 Å². The normalized spacial score (nSPS) is 24.2. The van der Waals surface area contributed by atoms with E-state index in [-0.39, 0.29) is 0 Å². The molecule has 1 heteroatoms. The number of hydrogen-bond acceptors (Lipinski definition) is 1. The molecular weight excluding hydrogens is 254 g/mol. The fourth-order valence-corrected chi connectivity index (χ4v) is 3.80. The van der Waals surface area contributed by atoms with Crippen LogP contribution in [0.25, 0.3) is 0 Å². The summed E-state index contributed by atoms with van der Waals surface area (Å²) in [5, 5.41) is 3.59. The average molecular weight is 287 g/mol. The highest BCUT2D eigenvalue weighted by Crippen LogP contribution is 2.33. The number of rotatable bonds is 6. The molecule has 118 valence electrons. The van der Waals surface area contributed by atoms with Crippen molar-refractivity contribution in [3.63, 3.8) is 0 Å². The highest BCUT2D eigenvalue weighted by atomic mass is 14.9. The Balaban J connectivity index is 1.93. The molecule has 0 heterocycles. The minimum atomic E-state index is 0.628. The van der Waals surface area contributed by atoms with Crippen molar-refractivity contribution in [3.05, 3.63) is 35.4 Å². The number of hydrogen-bond donors (Lipinski definition) is 1. The maximum Gasteiger partial charge on any atom is 0.0133 e. The second-order valence-electron chi connectivity index (χ2n) is 7.18. The van der Waals surface area contributed by atoms with Gasteiger partial charge in [-0.2, -0.15) is 0 Å². The Bertz CT molecular complexity index is 398. The topological polar surface area (TPSA) is 12.0 Å². The molecule has 0 radical (unpaired) electrons. The minimum absolute atomic E-state index is 0.628. The summed E-state index contributed by atoms with van der Waals surface area (Å²) in [6.07, 6.45) is 8.24. The van der Waals surface area contributed by atoms with Gasteiger partial charge in [0.15, 0.2) is 0 Å². The van der Waals surface area contributed by atoms with Crippen LogP contribution in [0, 0.1) is 11.8 Å². The SMILES string of the molecule is CCC1CCC(C(Cc2ccc(C(C)C)cc2)NC)CC1. The van der Waals surface area contributed by atoms with Crippen LogP contribution in [0.3, 0.4) is 0 Å². The lowest BCUT2D eigenvalue weighted by molar-refractivity contribution is 0.222. The van der Waals surface area contributed by atoms with Crippen molar-refractivity contribution in [2.75, 3.05) is 7.05 Å². The van der Waals surface area contributed by atoms with Crippen LogP contribution in [0.5, 0.6) is 0 Å². The van der Waals surface area contributed by atoms with E-state index in [9.17, 15) is 0 Å². The Morgan fingerprint density at radius 2 is 1.67 bits per heavy atom. The van der Waals surface area contributed by atoms with Crippen molar-refractivity contribution in [2.45, 2.75) is 71.3 Å². The van der Waals surface area contributed by atoms with Crippen LogP contribution < -0.4 is 5.32 Å². The van der Waals surface area contributed by atoms with Crippen LogP contribution in [0.1, 0.15) is 69.9 Å². The molecule has 1 atom stereocenters. The van der Waals surface area contributed by atoms with Gasteiger partial charge >= 0.3 is 0 Å². The van der Waals surface area contributed by atoms with Crippen molar-refractivity contribution in [3.8, 4) is 0 Å².